The van der Waals surface area contributed by atoms with E-state index >= 15 is 0 Å². The van der Waals surface area contributed by atoms with Gasteiger partial charge >= 0.3 is 5.69 Å². The maximum Gasteiger partial charge on any atom is 0.332 e. The minimum absolute atomic E-state index is 0.349. The Bertz CT molecular complexity index is 1230. The van der Waals surface area contributed by atoms with Gasteiger partial charge in [-0.3, -0.25) is 18.8 Å². The van der Waals surface area contributed by atoms with Crippen LogP contribution in [0.4, 0.5) is 0 Å². The Morgan fingerprint density at radius 3 is 2.53 bits per heavy atom. The number of fused-ring (bicyclic) bond motifs is 1. The molecule has 0 bridgehead atoms. The lowest BCUT2D eigenvalue weighted by Gasteiger charge is -2.33. The third-order valence-electron chi connectivity index (χ3n) is 6.04. The van der Waals surface area contributed by atoms with E-state index in [-0.39, 0.29) is 11.2 Å². The summed E-state index contributed by atoms with van der Waals surface area (Å²) in [4.78, 5) is 32.6. The largest absolute Gasteiger partial charge is 0.332 e. The van der Waals surface area contributed by atoms with Crippen LogP contribution in [0.3, 0.4) is 0 Å². The fourth-order valence-corrected chi connectivity index (χ4v) is 4.50. The molecule has 0 amide bonds. The Labute approximate surface area is 184 Å². The zero-order chi connectivity index (χ0) is 21.6. The lowest BCUT2D eigenvalue weighted by molar-refractivity contribution is 0.147. The van der Waals surface area contributed by atoms with E-state index in [0.717, 1.165) is 35.3 Å². The van der Waals surface area contributed by atoms with Crippen molar-refractivity contribution in [2.75, 3.05) is 6.54 Å². The first-order chi connectivity index (χ1) is 14.3. The van der Waals surface area contributed by atoms with Crippen molar-refractivity contribution in [3.05, 3.63) is 60.5 Å². The molecule has 160 valence electrons. The van der Waals surface area contributed by atoms with Crippen molar-refractivity contribution in [2.24, 2.45) is 14.1 Å². The summed E-state index contributed by atoms with van der Waals surface area (Å²) in [5, 5.41) is 0.946. The monoisotopic (exact) mass is 449 g/mol. The fraction of sp³-hybridized carbons (Fsp3) is 0.476. The first kappa shape index (κ1) is 21.2. The molecule has 0 N–H and O–H groups in total. The molecule has 1 aliphatic rings. The van der Waals surface area contributed by atoms with Gasteiger partial charge in [0.1, 0.15) is 5.82 Å². The predicted molar refractivity (Wildman–Crippen MR) is 120 cm³/mol. The van der Waals surface area contributed by atoms with Crippen LogP contribution >= 0.6 is 23.2 Å². The van der Waals surface area contributed by atoms with Crippen LogP contribution in [-0.4, -0.2) is 36.2 Å². The summed E-state index contributed by atoms with van der Waals surface area (Å²) >= 11 is 12.3. The van der Waals surface area contributed by atoms with Gasteiger partial charge in [0.15, 0.2) is 11.2 Å². The normalized spacial score (nSPS) is 17.7. The van der Waals surface area contributed by atoms with E-state index in [1.54, 1.807) is 19.2 Å². The van der Waals surface area contributed by atoms with Gasteiger partial charge in [-0.25, -0.2) is 9.78 Å². The van der Waals surface area contributed by atoms with E-state index in [0.29, 0.717) is 40.3 Å². The average molecular weight is 450 g/mol. The quantitative estimate of drug-likeness (QED) is 0.613. The molecule has 3 heterocycles. The molecular weight excluding hydrogens is 425 g/mol. The molecule has 4 rings (SSSR count). The van der Waals surface area contributed by atoms with Crippen LogP contribution in [0.25, 0.3) is 11.2 Å². The van der Waals surface area contributed by atoms with Crippen LogP contribution in [0.5, 0.6) is 0 Å². The van der Waals surface area contributed by atoms with Crippen molar-refractivity contribution in [3.8, 4) is 0 Å². The number of hydrogen-bond acceptors (Lipinski definition) is 4. The number of rotatable bonds is 4. The minimum atomic E-state index is -0.385. The number of aromatic nitrogens is 4. The molecule has 30 heavy (non-hydrogen) atoms. The number of hydrogen-bond donors (Lipinski definition) is 0. The number of imidazole rings is 1. The summed E-state index contributed by atoms with van der Waals surface area (Å²) < 4.78 is 4.48. The zero-order valence-corrected chi connectivity index (χ0v) is 18.9. The molecule has 3 aromatic rings. The number of benzene rings is 1. The van der Waals surface area contributed by atoms with Crippen LogP contribution in [0.15, 0.2) is 27.8 Å². The number of aryl methyl sites for hydroxylation is 1. The maximum absolute atomic E-state index is 13.0. The summed E-state index contributed by atoms with van der Waals surface area (Å²) in [6.45, 7) is 4.25. The first-order valence-corrected chi connectivity index (χ1v) is 10.9. The molecule has 0 unspecified atom stereocenters. The fourth-order valence-electron chi connectivity index (χ4n) is 4.18. The van der Waals surface area contributed by atoms with E-state index in [9.17, 15) is 9.59 Å². The van der Waals surface area contributed by atoms with E-state index in [2.05, 4.69) is 11.8 Å². The van der Waals surface area contributed by atoms with Crippen LogP contribution < -0.4 is 11.2 Å². The molecule has 1 aromatic carbocycles. The summed E-state index contributed by atoms with van der Waals surface area (Å²) in [6.07, 6.45) is 3.53. The minimum Gasteiger partial charge on any atom is -0.317 e. The second kappa shape index (κ2) is 8.21. The van der Waals surface area contributed by atoms with E-state index in [4.69, 9.17) is 28.2 Å². The highest BCUT2D eigenvalue weighted by Crippen LogP contribution is 2.25. The van der Waals surface area contributed by atoms with Crippen LogP contribution in [0, 0.1) is 0 Å². The predicted octanol–water partition coefficient (Wildman–Crippen LogP) is 3.16. The second-order valence-electron chi connectivity index (χ2n) is 8.06. The number of likely N-dealkylation sites (tertiary alicyclic amines) is 1. The number of piperidine rings is 1. The molecule has 1 saturated heterocycles. The first-order valence-electron chi connectivity index (χ1n) is 10.1. The molecule has 1 atom stereocenters. The molecule has 0 spiro atoms. The molecule has 1 fully saturated rings. The molecule has 9 heteroatoms. The summed E-state index contributed by atoms with van der Waals surface area (Å²) in [5.74, 6) is 0.767. The molecule has 2 aromatic heterocycles. The maximum atomic E-state index is 13.0. The van der Waals surface area contributed by atoms with Crippen molar-refractivity contribution in [1.82, 2.24) is 23.6 Å². The van der Waals surface area contributed by atoms with Gasteiger partial charge in [0.25, 0.3) is 5.56 Å². The van der Waals surface area contributed by atoms with Crippen molar-refractivity contribution in [1.29, 1.82) is 0 Å². The van der Waals surface area contributed by atoms with Crippen molar-refractivity contribution >= 4 is 34.4 Å². The third-order valence-corrected chi connectivity index (χ3v) is 6.78. The Morgan fingerprint density at radius 2 is 1.83 bits per heavy atom. The van der Waals surface area contributed by atoms with Crippen LogP contribution in [-0.2, 0) is 27.2 Å². The Balaban J connectivity index is 1.88. The van der Waals surface area contributed by atoms with Gasteiger partial charge in [0, 0.05) is 26.7 Å². The average Bonchev–Trinajstić information content (AvgIpc) is 3.07. The smallest absolute Gasteiger partial charge is 0.317 e. The molecule has 7 nitrogen and oxygen atoms in total. The molecular formula is C21H25Cl2N5O2. The highest BCUT2D eigenvalue weighted by atomic mass is 35.5. The van der Waals surface area contributed by atoms with Gasteiger partial charge in [0.2, 0.25) is 0 Å². The van der Waals surface area contributed by atoms with Gasteiger partial charge in [-0.1, -0.05) is 35.7 Å². The van der Waals surface area contributed by atoms with Crippen LogP contribution in [0.2, 0.25) is 10.0 Å². The van der Waals surface area contributed by atoms with Gasteiger partial charge in [-0.2, -0.15) is 0 Å². The van der Waals surface area contributed by atoms with Gasteiger partial charge < -0.3 is 4.57 Å². The van der Waals surface area contributed by atoms with Gasteiger partial charge in [0.05, 0.1) is 16.6 Å². The molecule has 0 aliphatic carbocycles. The van der Waals surface area contributed by atoms with Crippen LogP contribution in [0.1, 0.15) is 37.6 Å². The Morgan fingerprint density at radius 1 is 1.07 bits per heavy atom. The standard InChI is InChI=1S/C21H25Cl2N5O2/c1-13-6-4-5-9-27(13)12-17-24-19-18(20(29)26(3)21(30)25(19)2)28(17)11-14-7-8-15(22)16(23)10-14/h7-8,10,13H,4-6,9,11-12H2,1-3H3/t13-/m0/s1. The van der Waals surface area contributed by atoms with Crippen molar-refractivity contribution < 1.29 is 0 Å². The molecule has 0 saturated carbocycles. The topological polar surface area (TPSA) is 65.1 Å². The Kier molecular flexibility index (Phi) is 5.79. The van der Waals surface area contributed by atoms with Gasteiger partial charge in [-0.05, 0) is 44.0 Å². The molecule has 0 radical (unpaired) electrons. The third kappa shape index (κ3) is 3.70. The zero-order valence-electron chi connectivity index (χ0n) is 17.4. The summed E-state index contributed by atoms with van der Waals surface area (Å²) in [5.41, 5.74) is 1.00. The Hall–Kier alpha value is -2.09. The van der Waals surface area contributed by atoms with Crippen molar-refractivity contribution in [3.63, 3.8) is 0 Å². The second-order valence-corrected chi connectivity index (χ2v) is 8.87. The van der Waals surface area contributed by atoms with E-state index in [1.807, 2.05) is 10.6 Å². The SMILES string of the molecule is C[C@H]1CCCCN1Cc1nc2c(c(=O)n(C)c(=O)n2C)n1Cc1ccc(Cl)c(Cl)c1. The lowest BCUT2D eigenvalue weighted by Crippen LogP contribution is -2.38. The van der Waals surface area contributed by atoms with E-state index in [1.165, 1.54) is 18.0 Å². The summed E-state index contributed by atoms with van der Waals surface area (Å²) in [6, 6.07) is 5.89. The molecule has 1 aliphatic heterocycles. The van der Waals surface area contributed by atoms with Crippen molar-refractivity contribution in [2.45, 2.75) is 45.3 Å². The highest BCUT2D eigenvalue weighted by molar-refractivity contribution is 6.42. The summed E-state index contributed by atoms with van der Waals surface area (Å²) in [7, 11) is 3.14. The van der Waals surface area contributed by atoms with Gasteiger partial charge in [-0.15, -0.1) is 0 Å². The lowest BCUT2D eigenvalue weighted by atomic mass is 10.0. The number of halogens is 2. The number of nitrogens with zero attached hydrogens (tertiary/aromatic N) is 5. The highest BCUT2D eigenvalue weighted by Gasteiger charge is 2.24. The van der Waals surface area contributed by atoms with E-state index < -0.39 is 0 Å².